The van der Waals surface area contributed by atoms with Crippen LogP contribution in [0, 0.1) is 13.8 Å². The van der Waals surface area contributed by atoms with E-state index >= 15 is 0 Å². The highest BCUT2D eigenvalue weighted by molar-refractivity contribution is 9.11. The Morgan fingerprint density at radius 3 is 2.45 bits per heavy atom. The largest absolute Gasteiger partial charge is 0.299 e. The Morgan fingerprint density at radius 2 is 1.80 bits per heavy atom. The van der Waals surface area contributed by atoms with Crippen LogP contribution in [0.4, 0.5) is 5.69 Å². The van der Waals surface area contributed by atoms with E-state index < -0.39 is 11.7 Å². The maximum absolute atomic E-state index is 12.2. The van der Waals surface area contributed by atoms with E-state index in [2.05, 4.69) is 15.9 Å². The summed E-state index contributed by atoms with van der Waals surface area (Å²) in [6.45, 7) is 4.24. The van der Waals surface area contributed by atoms with Crippen LogP contribution in [0.2, 0.25) is 0 Å². The first kappa shape index (κ1) is 13.5. The molecule has 1 aromatic heterocycles. The summed E-state index contributed by atoms with van der Waals surface area (Å²) in [6, 6.07) is 7.77. The molecule has 0 bridgehead atoms. The summed E-state index contributed by atoms with van der Waals surface area (Å²) in [5.74, 6) is -0.821. The number of hydrogen-bond acceptors (Lipinski definition) is 3. The van der Waals surface area contributed by atoms with Gasteiger partial charge >= 0.3 is 0 Å². The summed E-state index contributed by atoms with van der Waals surface area (Å²) < 4.78 is 1.02. The van der Waals surface area contributed by atoms with Crippen LogP contribution in [0.3, 0.4) is 0 Å². The smallest absolute Gasteiger partial charge is 0.299 e. The lowest BCUT2D eigenvalue weighted by Gasteiger charge is -2.18. The SMILES string of the molecule is Cc1ccc(C)c2c1C(=O)C(=O)N2Cc1ccc(Br)s1. The van der Waals surface area contributed by atoms with Gasteiger partial charge < -0.3 is 0 Å². The minimum Gasteiger partial charge on any atom is -0.299 e. The number of anilines is 1. The lowest BCUT2D eigenvalue weighted by Crippen LogP contribution is -2.29. The van der Waals surface area contributed by atoms with Crippen molar-refractivity contribution in [3.05, 3.63) is 49.6 Å². The van der Waals surface area contributed by atoms with Gasteiger partial charge in [0, 0.05) is 4.88 Å². The van der Waals surface area contributed by atoms with E-state index in [0.717, 1.165) is 25.5 Å². The van der Waals surface area contributed by atoms with Gasteiger partial charge in [-0.05, 0) is 53.0 Å². The third-order valence-electron chi connectivity index (χ3n) is 3.47. The molecule has 1 amide bonds. The van der Waals surface area contributed by atoms with E-state index in [4.69, 9.17) is 0 Å². The van der Waals surface area contributed by atoms with Gasteiger partial charge in [0.2, 0.25) is 0 Å². The van der Waals surface area contributed by atoms with E-state index in [9.17, 15) is 9.59 Å². The second kappa shape index (κ2) is 4.82. The predicted molar refractivity (Wildman–Crippen MR) is 83.5 cm³/mol. The maximum Gasteiger partial charge on any atom is 0.299 e. The van der Waals surface area contributed by atoms with Gasteiger partial charge in [0.25, 0.3) is 11.7 Å². The number of carbonyl (C=O) groups is 2. The first-order chi connectivity index (χ1) is 9.49. The van der Waals surface area contributed by atoms with E-state index in [0.29, 0.717) is 12.1 Å². The molecule has 20 heavy (non-hydrogen) atoms. The lowest BCUT2D eigenvalue weighted by atomic mass is 10.0. The number of Topliss-reactive ketones (excluding diaryl/α,β-unsaturated/α-hetero) is 1. The van der Waals surface area contributed by atoms with Crippen molar-refractivity contribution >= 4 is 44.6 Å². The van der Waals surface area contributed by atoms with E-state index in [1.54, 1.807) is 16.2 Å². The number of ketones is 1. The number of amides is 1. The first-order valence-electron chi connectivity index (χ1n) is 6.19. The van der Waals surface area contributed by atoms with Crippen molar-refractivity contribution in [2.24, 2.45) is 0 Å². The fraction of sp³-hybridized carbons (Fsp3) is 0.200. The van der Waals surface area contributed by atoms with Crippen LogP contribution < -0.4 is 4.90 Å². The van der Waals surface area contributed by atoms with E-state index in [1.165, 1.54) is 0 Å². The van der Waals surface area contributed by atoms with Gasteiger partial charge in [-0.2, -0.15) is 0 Å². The van der Waals surface area contributed by atoms with E-state index in [-0.39, 0.29) is 0 Å². The third-order valence-corrected chi connectivity index (χ3v) is 5.08. The van der Waals surface area contributed by atoms with Crippen LogP contribution in [-0.4, -0.2) is 11.7 Å². The summed E-state index contributed by atoms with van der Waals surface area (Å²) in [5, 5.41) is 0. The molecule has 5 heteroatoms. The van der Waals surface area contributed by atoms with Crippen LogP contribution in [0.1, 0.15) is 26.4 Å². The molecule has 2 aromatic rings. The zero-order valence-corrected chi connectivity index (χ0v) is 13.5. The Hall–Kier alpha value is -1.46. The van der Waals surface area contributed by atoms with Gasteiger partial charge in [-0.3, -0.25) is 14.5 Å². The van der Waals surface area contributed by atoms with Crippen molar-refractivity contribution in [3.63, 3.8) is 0 Å². The fourth-order valence-electron chi connectivity index (χ4n) is 2.51. The van der Waals surface area contributed by atoms with Crippen LogP contribution in [0.15, 0.2) is 28.1 Å². The molecule has 0 saturated carbocycles. The molecule has 3 nitrogen and oxygen atoms in total. The summed E-state index contributed by atoms with van der Waals surface area (Å²) in [6.07, 6.45) is 0. The molecule has 102 valence electrons. The number of thiophene rings is 1. The molecular weight excluding hydrogens is 338 g/mol. The Labute approximate surface area is 129 Å². The minimum absolute atomic E-state index is 0.392. The molecule has 1 aliphatic rings. The van der Waals surface area contributed by atoms with Gasteiger partial charge in [-0.25, -0.2) is 0 Å². The molecule has 3 rings (SSSR count). The fourth-order valence-corrected chi connectivity index (χ4v) is 3.98. The first-order valence-corrected chi connectivity index (χ1v) is 7.80. The van der Waals surface area contributed by atoms with E-state index in [1.807, 2.05) is 38.1 Å². The molecule has 0 N–H and O–H groups in total. The van der Waals surface area contributed by atoms with Crippen LogP contribution in [0.5, 0.6) is 0 Å². The minimum atomic E-state index is -0.429. The molecule has 0 unspecified atom stereocenters. The molecule has 1 aliphatic heterocycles. The van der Waals surface area contributed by atoms with Crippen molar-refractivity contribution < 1.29 is 9.59 Å². The number of benzene rings is 1. The van der Waals surface area contributed by atoms with Gasteiger partial charge in [0.05, 0.1) is 21.6 Å². The molecule has 0 saturated heterocycles. The number of nitrogens with zero attached hydrogens (tertiary/aromatic N) is 1. The Kier molecular flexibility index (Phi) is 3.26. The molecular formula is C15H12BrNO2S. The average Bonchev–Trinajstić information content (AvgIpc) is 2.92. The van der Waals surface area contributed by atoms with Gasteiger partial charge in [0.1, 0.15) is 0 Å². The predicted octanol–water partition coefficient (Wildman–Crippen LogP) is 3.86. The quantitative estimate of drug-likeness (QED) is 0.772. The summed E-state index contributed by atoms with van der Waals surface area (Å²) >= 11 is 4.99. The molecule has 0 radical (unpaired) electrons. The number of fused-ring (bicyclic) bond motifs is 1. The highest BCUT2D eigenvalue weighted by atomic mass is 79.9. The zero-order chi connectivity index (χ0) is 14.4. The number of halogens is 1. The number of rotatable bonds is 2. The Bertz CT molecular complexity index is 735. The van der Waals surface area contributed by atoms with Crippen molar-refractivity contribution in [3.8, 4) is 0 Å². The zero-order valence-electron chi connectivity index (χ0n) is 11.1. The van der Waals surface area contributed by atoms with Gasteiger partial charge in [-0.15, -0.1) is 11.3 Å². The summed E-state index contributed by atoms with van der Waals surface area (Å²) in [5.41, 5.74) is 3.15. The van der Waals surface area contributed by atoms with Crippen LogP contribution >= 0.6 is 27.3 Å². The second-order valence-electron chi connectivity index (χ2n) is 4.85. The third kappa shape index (κ3) is 2.01. The standard InChI is InChI=1S/C15H12BrNO2S/c1-8-3-4-9(2)13-12(8)14(18)15(19)17(13)7-10-5-6-11(16)20-10/h3-6H,7H2,1-2H3. The van der Waals surface area contributed by atoms with Crippen molar-refractivity contribution in [2.75, 3.05) is 4.90 Å². The maximum atomic E-state index is 12.2. The Balaban J connectivity index is 2.08. The molecule has 1 aromatic carbocycles. The number of aryl methyl sites for hydroxylation is 2. The van der Waals surface area contributed by atoms with Crippen LogP contribution in [-0.2, 0) is 11.3 Å². The molecule has 0 fully saturated rings. The average molecular weight is 350 g/mol. The highest BCUT2D eigenvalue weighted by Crippen LogP contribution is 2.36. The van der Waals surface area contributed by atoms with Gasteiger partial charge in [-0.1, -0.05) is 12.1 Å². The molecule has 0 spiro atoms. The molecule has 2 heterocycles. The normalized spacial score (nSPS) is 14.1. The topological polar surface area (TPSA) is 37.4 Å². The highest BCUT2D eigenvalue weighted by Gasteiger charge is 2.38. The monoisotopic (exact) mass is 349 g/mol. The van der Waals surface area contributed by atoms with Crippen molar-refractivity contribution in [1.82, 2.24) is 0 Å². The number of carbonyl (C=O) groups excluding carboxylic acids is 2. The van der Waals surface area contributed by atoms with Crippen molar-refractivity contribution in [1.29, 1.82) is 0 Å². The van der Waals surface area contributed by atoms with Crippen LogP contribution in [0.25, 0.3) is 0 Å². The summed E-state index contributed by atoms with van der Waals surface area (Å²) in [7, 11) is 0. The van der Waals surface area contributed by atoms with Crippen molar-refractivity contribution in [2.45, 2.75) is 20.4 Å². The molecule has 0 atom stereocenters. The lowest BCUT2D eigenvalue weighted by molar-refractivity contribution is -0.114. The number of hydrogen-bond donors (Lipinski definition) is 0. The van der Waals surface area contributed by atoms with Gasteiger partial charge in [0.15, 0.2) is 0 Å². The second-order valence-corrected chi connectivity index (χ2v) is 7.40. The Morgan fingerprint density at radius 1 is 1.10 bits per heavy atom. The molecule has 0 aliphatic carbocycles. The summed E-state index contributed by atoms with van der Waals surface area (Å²) in [4.78, 5) is 27.1.